The van der Waals surface area contributed by atoms with Gasteiger partial charge in [0.1, 0.15) is 5.75 Å². The van der Waals surface area contributed by atoms with Gasteiger partial charge >= 0.3 is 0 Å². The molecule has 1 amide bonds. The quantitative estimate of drug-likeness (QED) is 0.537. The summed E-state index contributed by atoms with van der Waals surface area (Å²) in [5.74, 6) is 0.0834. The number of amides is 1. The van der Waals surface area contributed by atoms with E-state index in [2.05, 4.69) is 17.2 Å². The van der Waals surface area contributed by atoms with Gasteiger partial charge in [0.25, 0.3) is 0 Å². The van der Waals surface area contributed by atoms with Gasteiger partial charge < -0.3 is 15.7 Å². The zero-order valence-corrected chi connectivity index (χ0v) is 10.2. The van der Waals surface area contributed by atoms with Crippen LogP contribution in [0, 0.1) is 13.8 Å². The third kappa shape index (κ3) is 3.60. The minimum atomic E-state index is -0.141. The first-order chi connectivity index (χ1) is 8.06. The highest BCUT2D eigenvalue weighted by Gasteiger charge is 2.08. The summed E-state index contributed by atoms with van der Waals surface area (Å²) in [6.07, 6.45) is 1.69. The van der Waals surface area contributed by atoms with Gasteiger partial charge in [-0.05, 0) is 25.5 Å². The fraction of sp³-hybridized carbons (Fsp3) is 0.308. The monoisotopic (exact) mass is 234 g/mol. The first-order valence-corrected chi connectivity index (χ1v) is 5.47. The number of phenolic OH excluding ortho intramolecular Hbond substituents is 1. The van der Waals surface area contributed by atoms with Crippen molar-refractivity contribution in [2.24, 2.45) is 0 Å². The summed E-state index contributed by atoms with van der Waals surface area (Å²) in [5, 5.41) is 15.4. The van der Waals surface area contributed by atoms with Gasteiger partial charge in [0.2, 0.25) is 5.91 Å². The third-order valence-corrected chi connectivity index (χ3v) is 2.48. The lowest BCUT2D eigenvalue weighted by Gasteiger charge is -2.11. The lowest BCUT2D eigenvalue weighted by atomic mass is 10.1. The summed E-state index contributed by atoms with van der Waals surface area (Å²) >= 11 is 0. The van der Waals surface area contributed by atoms with Gasteiger partial charge in [-0.25, -0.2) is 0 Å². The molecule has 1 aromatic rings. The van der Waals surface area contributed by atoms with Crippen LogP contribution in [-0.2, 0) is 4.79 Å². The van der Waals surface area contributed by atoms with E-state index in [4.69, 9.17) is 0 Å². The lowest BCUT2D eigenvalue weighted by Crippen LogP contribution is -2.28. The molecule has 0 unspecified atom stereocenters. The maximum absolute atomic E-state index is 11.5. The SMILES string of the molecule is C=CCNCC(=O)Nc1ccc(C)c(O)c1C. The minimum Gasteiger partial charge on any atom is -0.507 e. The Morgan fingerprint density at radius 3 is 2.82 bits per heavy atom. The average molecular weight is 234 g/mol. The second-order valence-electron chi connectivity index (χ2n) is 3.87. The van der Waals surface area contributed by atoms with Crippen LogP contribution in [-0.4, -0.2) is 24.1 Å². The van der Waals surface area contributed by atoms with E-state index in [1.54, 1.807) is 25.1 Å². The van der Waals surface area contributed by atoms with Gasteiger partial charge in [0, 0.05) is 17.8 Å². The summed E-state index contributed by atoms with van der Waals surface area (Å²) in [7, 11) is 0. The zero-order chi connectivity index (χ0) is 12.8. The smallest absolute Gasteiger partial charge is 0.238 e. The molecule has 0 heterocycles. The highest BCUT2D eigenvalue weighted by atomic mass is 16.3. The number of carbonyl (C=O) groups excluding carboxylic acids is 1. The van der Waals surface area contributed by atoms with Crippen molar-refractivity contribution in [1.82, 2.24) is 5.32 Å². The summed E-state index contributed by atoms with van der Waals surface area (Å²) < 4.78 is 0. The summed E-state index contributed by atoms with van der Waals surface area (Å²) in [6, 6.07) is 3.56. The van der Waals surface area contributed by atoms with E-state index in [0.29, 0.717) is 17.8 Å². The molecule has 0 spiro atoms. The van der Waals surface area contributed by atoms with Crippen LogP contribution < -0.4 is 10.6 Å². The Morgan fingerprint density at radius 1 is 1.47 bits per heavy atom. The normalized spacial score (nSPS) is 10.0. The Hall–Kier alpha value is -1.81. The van der Waals surface area contributed by atoms with E-state index in [1.165, 1.54) is 0 Å². The fourth-order valence-corrected chi connectivity index (χ4v) is 1.45. The first kappa shape index (κ1) is 13.3. The average Bonchev–Trinajstić information content (AvgIpc) is 2.30. The number of aromatic hydroxyl groups is 1. The molecule has 17 heavy (non-hydrogen) atoms. The number of carbonyl (C=O) groups is 1. The Balaban J connectivity index is 2.66. The topological polar surface area (TPSA) is 61.4 Å². The van der Waals surface area contributed by atoms with Crippen molar-refractivity contribution in [3.05, 3.63) is 35.9 Å². The molecule has 0 atom stereocenters. The number of hydrogen-bond acceptors (Lipinski definition) is 3. The van der Waals surface area contributed by atoms with Crippen LogP contribution in [0.5, 0.6) is 5.75 Å². The first-order valence-electron chi connectivity index (χ1n) is 5.47. The Kier molecular flexibility index (Phi) is 4.72. The molecular formula is C13H18N2O2. The number of hydrogen-bond donors (Lipinski definition) is 3. The molecule has 1 rings (SSSR count). The largest absolute Gasteiger partial charge is 0.507 e. The molecule has 0 aliphatic carbocycles. The number of benzene rings is 1. The van der Waals surface area contributed by atoms with Crippen molar-refractivity contribution in [2.75, 3.05) is 18.4 Å². The molecule has 1 aromatic carbocycles. The van der Waals surface area contributed by atoms with Crippen molar-refractivity contribution in [1.29, 1.82) is 0 Å². The number of rotatable bonds is 5. The predicted octanol–water partition coefficient (Wildman–Crippen LogP) is 1.72. The maximum atomic E-state index is 11.5. The highest BCUT2D eigenvalue weighted by molar-refractivity contribution is 5.93. The number of phenols is 1. The Labute approximate surface area is 101 Å². The molecule has 0 aliphatic heterocycles. The van der Waals surface area contributed by atoms with E-state index < -0.39 is 0 Å². The van der Waals surface area contributed by atoms with Crippen molar-refractivity contribution >= 4 is 11.6 Å². The lowest BCUT2D eigenvalue weighted by molar-refractivity contribution is -0.115. The minimum absolute atomic E-state index is 0.141. The second-order valence-corrected chi connectivity index (χ2v) is 3.87. The Bertz CT molecular complexity index is 428. The van der Waals surface area contributed by atoms with E-state index in [0.717, 1.165) is 5.56 Å². The van der Waals surface area contributed by atoms with Crippen LogP contribution in [0.25, 0.3) is 0 Å². The third-order valence-electron chi connectivity index (χ3n) is 2.48. The van der Waals surface area contributed by atoms with Gasteiger partial charge in [0.05, 0.1) is 6.54 Å². The summed E-state index contributed by atoms with van der Waals surface area (Å²) in [4.78, 5) is 11.5. The number of anilines is 1. The van der Waals surface area contributed by atoms with Crippen LogP contribution >= 0.6 is 0 Å². The molecule has 0 aliphatic rings. The fourth-order valence-electron chi connectivity index (χ4n) is 1.45. The molecule has 92 valence electrons. The standard InChI is InChI=1S/C13H18N2O2/c1-4-7-14-8-12(16)15-11-6-5-9(2)13(17)10(11)3/h4-6,14,17H,1,7-8H2,2-3H3,(H,15,16). The van der Waals surface area contributed by atoms with Crippen LogP contribution in [0.2, 0.25) is 0 Å². The van der Waals surface area contributed by atoms with Gasteiger partial charge in [-0.15, -0.1) is 6.58 Å². The molecule has 3 N–H and O–H groups in total. The van der Waals surface area contributed by atoms with Crippen LogP contribution in [0.3, 0.4) is 0 Å². The molecule has 0 aromatic heterocycles. The van der Waals surface area contributed by atoms with Crippen LogP contribution in [0.15, 0.2) is 24.8 Å². The second kappa shape index (κ2) is 6.06. The van der Waals surface area contributed by atoms with Crippen molar-refractivity contribution in [3.63, 3.8) is 0 Å². The highest BCUT2D eigenvalue weighted by Crippen LogP contribution is 2.27. The molecule has 0 bridgehead atoms. The summed E-state index contributed by atoms with van der Waals surface area (Å²) in [5.41, 5.74) is 2.12. The van der Waals surface area contributed by atoms with Crippen molar-refractivity contribution in [2.45, 2.75) is 13.8 Å². The van der Waals surface area contributed by atoms with Crippen molar-refractivity contribution < 1.29 is 9.90 Å². The molecule has 0 fully saturated rings. The predicted molar refractivity (Wildman–Crippen MR) is 69.3 cm³/mol. The van der Waals surface area contributed by atoms with E-state index in [-0.39, 0.29) is 18.2 Å². The number of nitrogens with one attached hydrogen (secondary N) is 2. The van der Waals surface area contributed by atoms with E-state index in [1.807, 2.05) is 6.92 Å². The molecule has 4 heteroatoms. The van der Waals surface area contributed by atoms with Crippen LogP contribution in [0.1, 0.15) is 11.1 Å². The van der Waals surface area contributed by atoms with Crippen molar-refractivity contribution in [3.8, 4) is 5.75 Å². The van der Waals surface area contributed by atoms with Gasteiger partial charge in [-0.1, -0.05) is 12.1 Å². The Morgan fingerprint density at radius 2 is 2.18 bits per heavy atom. The van der Waals surface area contributed by atoms with Crippen LogP contribution in [0.4, 0.5) is 5.69 Å². The molecule has 0 saturated heterocycles. The molecule has 0 radical (unpaired) electrons. The maximum Gasteiger partial charge on any atom is 0.238 e. The van der Waals surface area contributed by atoms with E-state index >= 15 is 0 Å². The van der Waals surface area contributed by atoms with Gasteiger partial charge in [-0.2, -0.15) is 0 Å². The summed E-state index contributed by atoms with van der Waals surface area (Å²) in [6.45, 7) is 7.95. The van der Waals surface area contributed by atoms with Gasteiger partial charge in [0.15, 0.2) is 0 Å². The molecule has 0 saturated carbocycles. The van der Waals surface area contributed by atoms with Gasteiger partial charge in [-0.3, -0.25) is 4.79 Å². The van der Waals surface area contributed by atoms with E-state index in [9.17, 15) is 9.90 Å². The number of aryl methyl sites for hydroxylation is 1. The molecule has 4 nitrogen and oxygen atoms in total. The molecular weight excluding hydrogens is 216 g/mol. The zero-order valence-electron chi connectivity index (χ0n) is 10.2.